The number of benzene rings is 2. The zero-order chi connectivity index (χ0) is 18.1. The Hall–Kier alpha value is -2.69. The highest BCUT2D eigenvalue weighted by molar-refractivity contribution is 6.11. The van der Waals surface area contributed by atoms with Crippen molar-refractivity contribution in [3.63, 3.8) is 0 Å². The fourth-order valence-electron chi connectivity index (χ4n) is 3.04. The number of hydrogen-bond donors (Lipinski definition) is 1. The lowest BCUT2D eigenvalue weighted by Gasteiger charge is -2.07. The van der Waals surface area contributed by atoms with E-state index in [2.05, 4.69) is 5.32 Å². The molecule has 0 saturated heterocycles. The smallest absolute Gasteiger partial charge is 0.255 e. The fourth-order valence-corrected chi connectivity index (χ4v) is 3.04. The molecule has 3 nitrogen and oxygen atoms in total. The van der Waals surface area contributed by atoms with Crippen LogP contribution in [0.1, 0.15) is 34.8 Å². The molecule has 3 aromatic rings. The standard InChI is InChI=1S/C20H19F2NO2/c1-4-5-13-10-15-16(18(22)11(13)2)17(20(24)23-3)19(25-15)12-6-8-14(21)9-7-12/h6-10H,4-5H2,1-3H3,(H,23,24). The molecule has 130 valence electrons. The van der Waals surface area contributed by atoms with Crippen molar-refractivity contribution < 1.29 is 18.0 Å². The van der Waals surface area contributed by atoms with Gasteiger partial charge < -0.3 is 9.73 Å². The lowest BCUT2D eigenvalue weighted by Crippen LogP contribution is -2.18. The molecule has 0 bridgehead atoms. The Morgan fingerprint density at radius 2 is 1.88 bits per heavy atom. The maximum absolute atomic E-state index is 15.0. The number of rotatable bonds is 4. The third kappa shape index (κ3) is 2.90. The molecule has 2 aromatic carbocycles. The molecular weight excluding hydrogens is 324 g/mol. The SMILES string of the molecule is CCCc1cc2oc(-c3ccc(F)cc3)c(C(=O)NC)c2c(F)c1C. The van der Waals surface area contributed by atoms with Gasteiger partial charge in [0.05, 0.1) is 10.9 Å². The summed E-state index contributed by atoms with van der Waals surface area (Å²) >= 11 is 0. The first-order chi connectivity index (χ1) is 12.0. The van der Waals surface area contributed by atoms with Crippen molar-refractivity contribution in [1.29, 1.82) is 0 Å². The van der Waals surface area contributed by atoms with E-state index in [1.807, 2.05) is 6.92 Å². The molecule has 0 unspecified atom stereocenters. The number of amides is 1. The van der Waals surface area contributed by atoms with Crippen LogP contribution in [0, 0.1) is 18.6 Å². The summed E-state index contributed by atoms with van der Waals surface area (Å²) in [5.74, 6) is -1.05. The molecule has 0 saturated carbocycles. The quantitative estimate of drug-likeness (QED) is 0.724. The van der Waals surface area contributed by atoms with Gasteiger partial charge in [0, 0.05) is 12.6 Å². The Labute approximate surface area is 144 Å². The highest BCUT2D eigenvalue weighted by Crippen LogP contribution is 2.37. The van der Waals surface area contributed by atoms with Gasteiger partial charge in [0.15, 0.2) is 0 Å². The Morgan fingerprint density at radius 1 is 1.20 bits per heavy atom. The lowest BCUT2D eigenvalue weighted by atomic mass is 9.98. The molecule has 0 radical (unpaired) electrons. The van der Waals surface area contributed by atoms with Crippen molar-refractivity contribution in [2.45, 2.75) is 26.7 Å². The largest absolute Gasteiger partial charge is 0.455 e. The summed E-state index contributed by atoms with van der Waals surface area (Å²) in [4.78, 5) is 12.4. The van der Waals surface area contributed by atoms with E-state index in [0.29, 0.717) is 16.7 Å². The second kappa shape index (κ2) is 6.67. The van der Waals surface area contributed by atoms with Crippen LogP contribution in [-0.2, 0) is 6.42 Å². The van der Waals surface area contributed by atoms with Crippen LogP contribution in [0.25, 0.3) is 22.3 Å². The highest BCUT2D eigenvalue weighted by Gasteiger charge is 2.26. The van der Waals surface area contributed by atoms with Crippen LogP contribution >= 0.6 is 0 Å². The number of furan rings is 1. The van der Waals surface area contributed by atoms with Crippen LogP contribution in [0.15, 0.2) is 34.7 Å². The van der Waals surface area contributed by atoms with E-state index in [1.165, 1.54) is 31.3 Å². The van der Waals surface area contributed by atoms with Gasteiger partial charge in [-0.25, -0.2) is 8.78 Å². The molecule has 0 aliphatic carbocycles. The second-order valence-electron chi connectivity index (χ2n) is 5.99. The van der Waals surface area contributed by atoms with Gasteiger partial charge in [0.1, 0.15) is 23.0 Å². The molecule has 0 atom stereocenters. The summed E-state index contributed by atoms with van der Waals surface area (Å²) in [6.45, 7) is 3.72. The zero-order valence-electron chi connectivity index (χ0n) is 14.4. The minimum Gasteiger partial charge on any atom is -0.455 e. The number of fused-ring (bicyclic) bond motifs is 1. The van der Waals surface area contributed by atoms with Crippen LogP contribution in [0.4, 0.5) is 8.78 Å². The average molecular weight is 343 g/mol. The van der Waals surface area contributed by atoms with Gasteiger partial charge in [-0.1, -0.05) is 13.3 Å². The molecule has 25 heavy (non-hydrogen) atoms. The maximum atomic E-state index is 15.0. The maximum Gasteiger partial charge on any atom is 0.255 e. The predicted molar refractivity (Wildman–Crippen MR) is 93.7 cm³/mol. The number of carbonyl (C=O) groups is 1. The van der Waals surface area contributed by atoms with E-state index in [0.717, 1.165) is 18.4 Å². The van der Waals surface area contributed by atoms with E-state index in [4.69, 9.17) is 4.42 Å². The van der Waals surface area contributed by atoms with Gasteiger partial charge in [0.25, 0.3) is 5.91 Å². The Balaban J connectivity index is 2.35. The number of nitrogens with one attached hydrogen (secondary N) is 1. The highest BCUT2D eigenvalue weighted by atomic mass is 19.1. The summed E-state index contributed by atoms with van der Waals surface area (Å²) in [5, 5.41) is 2.69. The molecule has 0 fully saturated rings. The molecule has 1 N–H and O–H groups in total. The third-order valence-electron chi connectivity index (χ3n) is 4.35. The Morgan fingerprint density at radius 3 is 2.48 bits per heavy atom. The molecule has 1 amide bonds. The summed E-state index contributed by atoms with van der Waals surface area (Å²) in [6.07, 6.45) is 1.60. The Bertz CT molecular complexity index is 943. The molecule has 1 heterocycles. The van der Waals surface area contributed by atoms with Gasteiger partial charge in [-0.15, -0.1) is 0 Å². The van der Waals surface area contributed by atoms with E-state index in [-0.39, 0.29) is 16.7 Å². The summed E-state index contributed by atoms with van der Waals surface area (Å²) in [7, 11) is 1.48. The van der Waals surface area contributed by atoms with Crippen LogP contribution in [0.5, 0.6) is 0 Å². The van der Waals surface area contributed by atoms with E-state index >= 15 is 4.39 Å². The van der Waals surface area contributed by atoms with E-state index in [1.54, 1.807) is 13.0 Å². The van der Waals surface area contributed by atoms with Crippen molar-refractivity contribution >= 4 is 16.9 Å². The number of aryl methyl sites for hydroxylation is 1. The van der Waals surface area contributed by atoms with E-state index in [9.17, 15) is 9.18 Å². The number of halogens is 2. The van der Waals surface area contributed by atoms with Crippen LogP contribution in [0.3, 0.4) is 0 Å². The molecule has 0 aliphatic rings. The summed E-state index contributed by atoms with van der Waals surface area (Å²) in [5.41, 5.74) is 2.35. The fraction of sp³-hybridized carbons (Fsp3) is 0.250. The molecule has 1 aromatic heterocycles. The monoisotopic (exact) mass is 343 g/mol. The van der Waals surface area contributed by atoms with Gasteiger partial charge in [-0.2, -0.15) is 0 Å². The first kappa shape index (κ1) is 17.1. The average Bonchev–Trinajstić information content (AvgIpc) is 2.99. The van der Waals surface area contributed by atoms with Crippen molar-refractivity contribution in [3.8, 4) is 11.3 Å². The van der Waals surface area contributed by atoms with Gasteiger partial charge in [-0.05, 0) is 54.8 Å². The van der Waals surface area contributed by atoms with Crippen LogP contribution < -0.4 is 5.32 Å². The first-order valence-corrected chi connectivity index (χ1v) is 8.20. The molecule has 3 rings (SSSR count). The molecule has 0 spiro atoms. The van der Waals surface area contributed by atoms with Crippen molar-refractivity contribution in [3.05, 3.63) is 58.7 Å². The summed E-state index contributed by atoms with van der Waals surface area (Å²) < 4.78 is 34.1. The molecule has 5 heteroatoms. The van der Waals surface area contributed by atoms with Crippen molar-refractivity contribution in [2.24, 2.45) is 0 Å². The Kier molecular flexibility index (Phi) is 4.57. The topological polar surface area (TPSA) is 42.2 Å². The second-order valence-corrected chi connectivity index (χ2v) is 5.99. The van der Waals surface area contributed by atoms with Crippen molar-refractivity contribution in [1.82, 2.24) is 5.32 Å². The van der Waals surface area contributed by atoms with Crippen LogP contribution in [0.2, 0.25) is 0 Å². The summed E-state index contributed by atoms with van der Waals surface area (Å²) in [6, 6.07) is 7.37. The first-order valence-electron chi connectivity index (χ1n) is 8.20. The minimum atomic E-state index is -0.448. The zero-order valence-corrected chi connectivity index (χ0v) is 14.4. The lowest BCUT2D eigenvalue weighted by molar-refractivity contribution is 0.0964. The van der Waals surface area contributed by atoms with Gasteiger partial charge in [-0.3, -0.25) is 4.79 Å². The van der Waals surface area contributed by atoms with Crippen molar-refractivity contribution in [2.75, 3.05) is 7.05 Å². The van der Waals surface area contributed by atoms with E-state index < -0.39 is 17.5 Å². The predicted octanol–water partition coefficient (Wildman–Crippen LogP) is 5.00. The van der Waals surface area contributed by atoms with Gasteiger partial charge in [0.2, 0.25) is 0 Å². The molecular formula is C20H19F2NO2. The normalized spacial score (nSPS) is 11.1. The minimum absolute atomic E-state index is 0.132. The molecule has 0 aliphatic heterocycles. The van der Waals surface area contributed by atoms with Crippen LogP contribution in [-0.4, -0.2) is 13.0 Å². The number of carbonyl (C=O) groups excluding carboxylic acids is 1. The third-order valence-corrected chi connectivity index (χ3v) is 4.35. The number of hydrogen-bond acceptors (Lipinski definition) is 2. The van der Waals surface area contributed by atoms with Gasteiger partial charge >= 0.3 is 0 Å².